The van der Waals surface area contributed by atoms with E-state index in [0.29, 0.717) is 11.6 Å². The Morgan fingerprint density at radius 1 is 1.23 bits per heavy atom. The fraction of sp³-hybridized carbons (Fsp3) is 0.0625. The van der Waals surface area contributed by atoms with Crippen molar-refractivity contribution in [3.63, 3.8) is 0 Å². The Bertz CT molecular complexity index is 796. The number of nitrogens with one attached hydrogen (secondary N) is 1. The van der Waals surface area contributed by atoms with Gasteiger partial charge in [-0.3, -0.25) is 0 Å². The average molecular weight is 295 g/mol. The summed E-state index contributed by atoms with van der Waals surface area (Å²) in [5, 5.41) is 11.9. The van der Waals surface area contributed by atoms with Crippen molar-refractivity contribution in [1.29, 1.82) is 0 Å². The van der Waals surface area contributed by atoms with Crippen molar-refractivity contribution >= 4 is 17.6 Å². The normalized spacial score (nSPS) is 10.4. The smallest absolute Gasteiger partial charge is 0.335 e. The van der Waals surface area contributed by atoms with Crippen LogP contribution >= 0.6 is 0 Å². The van der Waals surface area contributed by atoms with Crippen molar-refractivity contribution < 1.29 is 14.3 Å². The number of aromatic nitrogens is 2. The highest BCUT2D eigenvalue weighted by molar-refractivity contribution is 5.88. The van der Waals surface area contributed by atoms with Crippen molar-refractivity contribution in [1.82, 2.24) is 9.97 Å². The quantitative estimate of drug-likeness (QED) is 0.766. The van der Waals surface area contributed by atoms with E-state index in [1.165, 1.54) is 12.1 Å². The molecule has 2 N–H and O–H groups in total. The van der Waals surface area contributed by atoms with E-state index in [9.17, 15) is 4.79 Å². The number of aromatic carboxylic acids is 1. The molecule has 0 saturated heterocycles. The molecule has 0 aliphatic rings. The largest absolute Gasteiger partial charge is 0.478 e. The van der Waals surface area contributed by atoms with E-state index in [1.54, 1.807) is 30.9 Å². The van der Waals surface area contributed by atoms with Crippen LogP contribution in [0.1, 0.15) is 15.9 Å². The number of anilines is 2. The fourth-order valence-electron chi connectivity index (χ4n) is 2.02. The first-order valence-corrected chi connectivity index (χ1v) is 6.60. The number of carbonyl (C=O) groups is 1. The van der Waals surface area contributed by atoms with E-state index in [1.807, 2.05) is 13.0 Å². The summed E-state index contributed by atoms with van der Waals surface area (Å²) in [6.07, 6.45) is 4.94. The Labute approximate surface area is 126 Å². The van der Waals surface area contributed by atoms with Gasteiger partial charge < -0.3 is 14.8 Å². The third kappa shape index (κ3) is 2.80. The number of nitrogens with zero attached hydrogens (tertiary/aromatic N) is 2. The van der Waals surface area contributed by atoms with Crippen LogP contribution in [0.25, 0.3) is 11.3 Å². The number of carboxylic acids is 1. The molecule has 0 radical (unpaired) electrons. The number of furan rings is 1. The van der Waals surface area contributed by atoms with E-state index in [0.717, 1.165) is 16.8 Å². The molecule has 0 aliphatic carbocycles. The van der Waals surface area contributed by atoms with Crippen molar-refractivity contribution in [3.05, 3.63) is 60.2 Å². The first kappa shape index (κ1) is 13.8. The Kier molecular flexibility index (Phi) is 3.57. The minimum absolute atomic E-state index is 0.231. The van der Waals surface area contributed by atoms with Crippen molar-refractivity contribution in [3.8, 4) is 11.3 Å². The minimum Gasteiger partial charge on any atom is -0.478 e. The van der Waals surface area contributed by atoms with Crippen LogP contribution in [0.2, 0.25) is 0 Å². The molecular weight excluding hydrogens is 282 g/mol. The molecule has 6 heteroatoms. The Hall–Kier alpha value is -3.15. The molecule has 1 aromatic carbocycles. The molecule has 0 atom stereocenters. The summed E-state index contributed by atoms with van der Waals surface area (Å²) < 4.78 is 5.08. The van der Waals surface area contributed by atoms with E-state index in [2.05, 4.69) is 15.3 Å². The number of rotatable bonds is 4. The lowest BCUT2D eigenvalue weighted by molar-refractivity contribution is 0.0697. The highest BCUT2D eigenvalue weighted by Gasteiger charge is 2.08. The van der Waals surface area contributed by atoms with Crippen molar-refractivity contribution in [2.75, 3.05) is 5.32 Å². The van der Waals surface area contributed by atoms with Crippen molar-refractivity contribution in [2.24, 2.45) is 0 Å². The molecule has 0 amide bonds. The van der Waals surface area contributed by atoms with Crippen LogP contribution in [0.3, 0.4) is 0 Å². The molecule has 0 aliphatic heterocycles. The van der Waals surface area contributed by atoms with Crippen LogP contribution in [0.4, 0.5) is 11.6 Å². The van der Waals surface area contributed by atoms with Gasteiger partial charge in [0, 0.05) is 17.4 Å². The molecule has 2 heterocycles. The number of hydrogen-bond acceptors (Lipinski definition) is 5. The molecule has 3 rings (SSSR count). The molecule has 22 heavy (non-hydrogen) atoms. The van der Waals surface area contributed by atoms with Gasteiger partial charge in [-0.2, -0.15) is 0 Å². The average Bonchev–Trinajstić information content (AvgIpc) is 3.04. The summed E-state index contributed by atoms with van der Waals surface area (Å²) in [6, 6.07) is 8.22. The van der Waals surface area contributed by atoms with Gasteiger partial charge in [-0.25, -0.2) is 14.8 Å². The first-order valence-electron chi connectivity index (χ1n) is 6.60. The number of hydrogen-bond donors (Lipinski definition) is 2. The predicted molar refractivity (Wildman–Crippen MR) is 81.2 cm³/mol. The van der Waals surface area contributed by atoms with Crippen LogP contribution in [0.5, 0.6) is 0 Å². The lowest BCUT2D eigenvalue weighted by atomic mass is 10.1. The van der Waals surface area contributed by atoms with E-state index < -0.39 is 5.97 Å². The summed E-state index contributed by atoms with van der Waals surface area (Å²) in [5.74, 6) is -0.523. The summed E-state index contributed by atoms with van der Waals surface area (Å²) in [5.41, 5.74) is 3.55. The van der Waals surface area contributed by atoms with Gasteiger partial charge in [0.2, 0.25) is 5.95 Å². The molecule has 0 unspecified atom stereocenters. The van der Waals surface area contributed by atoms with Gasteiger partial charge in [-0.1, -0.05) is 0 Å². The molecule has 3 aromatic rings. The van der Waals surface area contributed by atoms with Crippen LogP contribution in [-0.4, -0.2) is 21.0 Å². The highest BCUT2D eigenvalue weighted by Crippen LogP contribution is 2.23. The number of carboxylic acid groups (broad SMARTS) is 1. The van der Waals surface area contributed by atoms with Crippen LogP contribution < -0.4 is 5.32 Å². The van der Waals surface area contributed by atoms with Gasteiger partial charge in [-0.15, -0.1) is 0 Å². The molecule has 0 fully saturated rings. The Morgan fingerprint density at radius 2 is 2.00 bits per heavy atom. The van der Waals surface area contributed by atoms with Gasteiger partial charge >= 0.3 is 5.97 Å². The summed E-state index contributed by atoms with van der Waals surface area (Å²) in [7, 11) is 0. The molecule has 0 spiro atoms. The molecule has 0 bridgehead atoms. The summed E-state index contributed by atoms with van der Waals surface area (Å²) in [6.45, 7) is 1.92. The van der Waals surface area contributed by atoms with E-state index in [-0.39, 0.29) is 5.56 Å². The zero-order chi connectivity index (χ0) is 15.5. The zero-order valence-electron chi connectivity index (χ0n) is 11.8. The van der Waals surface area contributed by atoms with Crippen molar-refractivity contribution in [2.45, 2.75) is 6.92 Å². The lowest BCUT2D eigenvalue weighted by Gasteiger charge is -2.08. The molecule has 110 valence electrons. The second kappa shape index (κ2) is 5.69. The maximum atomic E-state index is 10.8. The second-order valence-corrected chi connectivity index (χ2v) is 4.74. The first-order chi connectivity index (χ1) is 10.6. The predicted octanol–water partition coefficient (Wildman–Crippen LogP) is 3.49. The van der Waals surface area contributed by atoms with E-state index >= 15 is 0 Å². The third-order valence-electron chi connectivity index (χ3n) is 3.15. The lowest BCUT2D eigenvalue weighted by Crippen LogP contribution is -2.00. The van der Waals surface area contributed by atoms with Gasteiger partial charge in [0.15, 0.2) is 0 Å². The summed E-state index contributed by atoms with van der Waals surface area (Å²) in [4.78, 5) is 19.5. The topological polar surface area (TPSA) is 88.2 Å². The van der Waals surface area contributed by atoms with Crippen LogP contribution in [0, 0.1) is 6.92 Å². The monoisotopic (exact) mass is 295 g/mol. The maximum absolute atomic E-state index is 10.8. The Morgan fingerprint density at radius 3 is 2.64 bits per heavy atom. The SMILES string of the molecule is Cc1cnc(Nc2ccc(C(=O)O)cc2)nc1-c1ccoc1. The van der Waals surface area contributed by atoms with Gasteiger partial charge in [-0.05, 0) is 42.8 Å². The minimum atomic E-state index is -0.958. The molecule has 0 saturated carbocycles. The van der Waals surface area contributed by atoms with Crippen LogP contribution in [-0.2, 0) is 0 Å². The fourth-order valence-corrected chi connectivity index (χ4v) is 2.02. The molecule has 6 nitrogen and oxygen atoms in total. The van der Waals surface area contributed by atoms with Gasteiger partial charge in [0.25, 0.3) is 0 Å². The second-order valence-electron chi connectivity index (χ2n) is 4.74. The summed E-state index contributed by atoms with van der Waals surface area (Å²) >= 11 is 0. The Balaban J connectivity index is 1.86. The standard InChI is InChI=1S/C16H13N3O3/c1-10-8-17-16(19-14(10)12-6-7-22-9-12)18-13-4-2-11(3-5-13)15(20)21/h2-9H,1H3,(H,20,21)(H,17,18,19). The zero-order valence-corrected chi connectivity index (χ0v) is 11.8. The van der Waals surface area contributed by atoms with Gasteiger partial charge in [0.1, 0.15) is 0 Å². The maximum Gasteiger partial charge on any atom is 0.335 e. The molecule has 2 aromatic heterocycles. The van der Waals surface area contributed by atoms with E-state index in [4.69, 9.17) is 9.52 Å². The highest BCUT2D eigenvalue weighted by atomic mass is 16.4. The number of benzene rings is 1. The number of aryl methyl sites for hydroxylation is 1. The van der Waals surface area contributed by atoms with Crippen LogP contribution in [0.15, 0.2) is 53.5 Å². The van der Waals surface area contributed by atoms with Gasteiger partial charge in [0.05, 0.1) is 23.8 Å². The third-order valence-corrected chi connectivity index (χ3v) is 3.15. The molecular formula is C16H13N3O3.